The van der Waals surface area contributed by atoms with Gasteiger partial charge in [-0.1, -0.05) is 0 Å². The Morgan fingerprint density at radius 1 is 1.50 bits per heavy atom. The largest absolute Gasteiger partial charge is 0.337 e. The number of aryl methyl sites for hydroxylation is 2. The van der Waals surface area contributed by atoms with Gasteiger partial charge in [0.25, 0.3) is 5.91 Å². The highest BCUT2D eigenvalue weighted by Gasteiger charge is 2.35. The maximum absolute atomic E-state index is 13.0. The first-order chi connectivity index (χ1) is 11.4. The number of likely N-dealkylation sites (N-methyl/N-ethyl adjacent to an activating group) is 1. The van der Waals surface area contributed by atoms with Crippen molar-refractivity contribution in [2.75, 3.05) is 20.1 Å². The van der Waals surface area contributed by atoms with E-state index in [1.54, 1.807) is 0 Å². The van der Waals surface area contributed by atoms with Crippen molar-refractivity contribution in [3.05, 3.63) is 33.8 Å². The molecule has 0 saturated carbocycles. The quantitative estimate of drug-likeness (QED) is 0.851. The molecule has 1 atom stereocenters. The molecule has 0 saturated heterocycles. The highest BCUT2D eigenvalue weighted by atomic mass is 32.1. The summed E-state index contributed by atoms with van der Waals surface area (Å²) in [6.07, 6.45) is 2.69. The lowest BCUT2D eigenvalue weighted by Crippen LogP contribution is -2.46. The Bertz CT molecular complexity index is 735. The molecule has 3 rings (SSSR count). The summed E-state index contributed by atoms with van der Waals surface area (Å²) in [7, 11) is 4.12. The van der Waals surface area contributed by atoms with Gasteiger partial charge in [-0.25, -0.2) is 9.97 Å². The maximum Gasteiger partial charge on any atom is 0.273 e. The van der Waals surface area contributed by atoms with Gasteiger partial charge in [0.2, 0.25) is 0 Å². The van der Waals surface area contributed by atoms with Crippen molar-refractivity contribution in [1.29, 1.82) is 0 Å². The molecule has 1 amide bonds. The molecule has 6 nitrogen and oxygen atoms in total. The molecule has 0 N–H and O–H groups in total. The van der Waals surface area contributed by atoms with Crippen LogP contribution in [-0.4, -0.2) is 56.4 Å². The fourth-order valence-corrected chi connectivity index (χ4v) is 3.69. The Hall–Kier alpha value is -1.73. The summed E-state index contributed by atoms with van der Waals surface area (Å²) in [4.78, 5) is 26.2. The van der Waals surface area contributed by atoms with Crippen LogP contribution in [0.5, 0.6) is 0 Å². The smallest absolute Gasteiger partial charge is 0.273 e. The topological polar surface area (TPSA) is 54.3 Å². The van der Waals surface area contributed by atoms with E-state index in [0.29, 0.717) is 18.3 Å². The minimum atomic E-state index is -0.0307. The number of hydrogen-bond acceptors (Lipinski definition) is 5. The third-order valence-electron chi connectivity index (χ3n) is 4.81. The lowest BCUT2D eigenvalue weighted by molar-refractivity contribution is 0.0588. The molecule has 24 heavy (non-hydrogen) atoms. The van der Waals surface area contributed by atoms with Crippen molar-refractivity contribution >= 4 is 17.2 Å². The van der Waals surface area contributed by atoms with Crippen LogP contribution in [0, 0.1) is 6.92 Å². The Labute approximate surface area is 147 Å². The molecular formula is C17H25N5OS. The van der Waals surface area contributed by atoms with E-state index >= 15 is 0 Å². The van der Waals surface area contributed by atoms with Gasteiger partial charge in [-0.2, -0.15) is 0 Å². The van der Waals surface area contributed by atoms with Gasteiger partial charge in [0.05, 0.1) is 23.1 Å². The zero-order valence-electron chi connectivity index (χ0n) is 15.0. The number of amides is 1. The van der Waals surface area contributed by atoms with Gasteiger partial charge in [-0.15, -0.1) is 11.3 Å². The van der Waals surface area contributed by atoms with E-state index in [4.69, 9.17) is 0 Å². The van der Waals surface area contributed by atoms with E-state index in [1.807, 2.05) is 30.6 Å². The molecule has 0 spiro atoms. The first-order valence-electron chi connectivity index (χ1n) is 8.32. The lowest BCUT2D eigenvalue weighted by Gasteiger charge is -2.38. The molecule has 0 aliphatic carbocycles. The van der Waals surface area contributed by atoms with Crippen molar-refractivity contribution in [2.45, 2.75) is 39.3 Å². The highest BCUT2D eigenvalue weighted by molar-refractivity contribution is 7.09. The molecule has 0 radical (unpaired) electrons. The molecule has 3 heterocycles. The van der Waals surface area contributed by atoms with Crippen LogP contribution >= 0.6 is 11.3 Å². The summed E-state index contributed by atoms with van der Waals surface area (Å²) in [6.45, 7) is 7.74. The van der Waals surface area contributed by atoms with Crippen LogP contribution in [0.1, 0.15) is 46.8 Å². The van der Waals surface area contributed by atoms with Gasteiger partial charge in [-0.3, -0.25) is 4.79 Å². The van der Waals surface area contributed by atoms with Crippen LogP contribution in [0.15, 0.2) is 11.7 Å². The summed E-state index contributed by atoms with van der Waals surface area (Å²) in [6, 6.07) is 0.384. The third-order valence-corrected chi connectivity index (χ3v) is 5.59. The van der Waals surface area contributed by atoms with Crippen LogP contribution in [0.4, 0.5) is 0 Å². The van der Waals surface area contributed by atoms with Crippen molar-refractivity contribution in [3.63, 3.8) is 0 Å². The molecule has 0 bridgehead atoms. The number of imidazole rings is 1. The van der Waals surface area contributed by atoms with Crippen LogP contribution < -0.4 is 0 Å². The predicted octanol–water partition coefficient (Wildman–Crippen LogP) is 2.26. The Morgan fingerprint density at radius 3 is 2.88 bits per heavy atom. The SMILES string of the molecule is Cc1nc(C(=O)N2CCc3c(ncn3C)C2CN(C)C(C)C)cs1. The summed E-state index contributed by atoms with van der Waals surface area (Å²) in [5.41, 5.74) is 2.81. The van der Waals surface area contributed by atoms with Gasteiger partial charge in [0.15, 0.2) is 0 Å². The van der Waals surface area contributed by atoms with Crippen molar-refractivity contribution < 1.29 is 4.79 Å². The van der Waals surface area contributed by atoms with Crippen LogP contribution in [0.3, 0.4) is 0 Å². The monoisotopic (exact) mass is 347 g/mol. The zero-order valence-corrected chi connectivity index (χ0v) is 15.8. The Kier molecular flexibility index (Phi) is 4.73. The molecule has 1 aliphatic rings. The van der Waals surface area contributed by atoms with E-state index in [-0.39, 0.29) is 11.9 Å². The normalized spacial score (nSPS) is 17.6. The van der Waals surface area contributed by atoms with Crippen LogP contribution in [-0.2, 0) is 13.5 Å². The second-order valence-corrected chi connectivity index (χ2v) is 7.80. The van der Waals surface area contributed by atoms with E-state index < -0.39 is 0 Å². The summed E-state index contributed by atoms with van der Waals surface area (Å²) >= 11 is 1.52. The minimum Gasteiger partial charge on any atom is -0.337 e. The average molecular weight is 347 g/mol. The lowest BCUT2D eigenvalue weighted by atomic mass is 10.0. The number of hydrogen-bond donors (Lipinski definition) is 0. The molecule has 1 aliphatic heterocycles. The molecule has 2 aromatic rings. The number of carbonyl (C=O) groups excluding carboxylic acids is 1. The average Bonchev–Trinajstić information content (AvgIpc) is 3.13. The second-order valence-electron chi connectivity index (χ2n) is 6.74. The number of nitrogens with zero attached hydrogens (tertiary/aromatic N) is 5. The summed E-state index contributed by atoms with van der Waals surface area (Å²) in [5.74, 6) is 0.0119. The molecule has 1 unspecified atom stereocenters. The summed E-state index contributed by atoms with van der Waals surface area (Å²) in [5, 5.41) is 2.78. The first-order valence-corrected chi connectivity index (χ1v) is 9.20. The second kappa shape index (κ2) is 6.64. The van der Waals surface area contributed by atoms with Gasteiger partial charge in [0.1, 0.15) is 5.69 Å². The molecule has 0 fully saturated rings. The van der Waals surface area contributed by atoms with E-state index in [1.165, 1.54) is 17.0 Å². The fraction of sp³-hybridized carbons (Fsp3) is 0.588. The van der Waals surface area contributed by atoms with Gasteiger partial charge >= 0.3 is 0 Å². The Morgan fingerprint density at radius 2 is 2.25 bits per heavy atom. The number of rotatable bonds is 4. The molecule has 7 heteroatoms. The number of carbonyl (C=O) groups is 1. The van der Waals surface area contributed by atoms with Crippen molar-refractivity contribution in [2.24, 2.45) is 7.05 Å². The molecular weight excluding hydrogens is 322 g/mol. The molecule has 130 valence electrons. The van der Waals surface area contributed by atoms with Crippen molar-refractivity contribution in [3.8, 4) is 0 Å². The maximum atomic E-state index is 13.0. The predicted molar refractivity (Wildman–Crippen MR) is 95.3 cm³/mol. The van der Waals surface area contributed by atoms with E-state index in [9.17, 15) is 4.79 Å². The number of aromatic nitrogens is 3. The van der Waals surface area contributed by atoms with Crippen molar-refractivity contribution in [1.82, 2.24) is 24.3 Å². The van der Waals surface area contributed by atoms with Gasteiger partial charge in [0, 0.05) is 43.7 Å². The number of thiazole rings is 1. The van der Waals surface area contributed by atoms with Crippen LogP contribution in [0.2, 0.25) is 0 Å². The number of fused-ring (bicyclic) bond motifs is 1. The van der Waals surface area contributed by atoms with Gasteiger partial charge < -0.3 is 14.4 Å². The summed E-state index contributed by atoms with van der Waals surface area (Å²) < 4.78 is 2.08. The van der Waals surface area contributed by atoms with Gasteiger partial charge in [-0.05, 0) is 27.8 Å². The first kappa shape index (κ1) is 17.1. The Balaban J connectivity index is 1.93. The fourth-order valence-electron chi connectivity index (χ4n) is 3.11. The zero-order chi connectivity index (χ0) is 17.4. The molecule has 2 aromatic heterocycles. The third kappa shape index (κ3) is 3.10. The standard InChI is InChI=1S/C17H25N5OS/c1-11(2)20(4)8-15-16-14(21(5)10-18-16)6-7-22(15)17(23)13-9-24-12(3)19-13/h9-11,15H,6-8H2,1-5H3. The highest BCUT2D eigenvalue weighted by Crippen LogP contribution is 2.31. The van der Waals surface area contributed by atoms with E-state index in [2.05, 4.69) is 40.3 Å². The minimum absolute atomic E-state index is 0.0119. The van der Waals surface area contributed by atoms with Crippen LogP contribution in [0.25, 0.3) is 0 Å². The van der Waals surface area contributed by atoms with E-state index in [0.717, 1.165) is 23.7 Å². The molecule has 0 aromatic carbocycles.